The molecule has 1 saturated heterocycles. The van der Waals surface area contributed by atoms with Crippen molar-refractivity contribution < 1.29 is 4.79 Å². The molecule has 1 aliphatic rings. The van der Waals surface area contributed by atoms with Gasteiger partial charge in [-0.25, -0.2) is 0 Å². The normalized spacial score (nSPS) is 17.3. The second-order valence-corrected chi connectivity index (χ2v) is 5.15. The molecular weight excluding hydrogens is 220 g/mol. The maximum Gasteiger partial charge on any atom is 0.252 e. The van der Waals surface area contributed by atoms with Gasteiger partial charge >= 0.3 is 0 Å². The Balaban J connectivity index is 1.91. The average Bonchev–Trinajstić information content (AvgIpc) is 2.79. The standard InChI is InChI=1S/C12H18N2OS/c1-2-11-7-9(8-16-11)12(15)14-10-3-5-13-6-4-10/h7-8,10,13H,2-6H2,1H3,(H,14,15). The van der Waals surface area contributed by atoms with Gasteiger partial charge < -0.3 is 10.6 Å². The third-order valence-corrected chi connectivity index (χ3v) is 4.02. The summed E-state index contributed by atoms with van der Waals surface area (Å²) in [5, 5.41) is 8.35. The van der Waals surface area contributed by atoms with Crippen molar-refractivity contribution in [2.45, 2.75) is 32.2 Å². The summed E-state index contributed by atoms with van der Waals surface area (Å²) in [4.78, 5) is 13.2. The topological polar surface area (TPSA) is 41.1 Å². The number of thiophene rings is 1. The Morgan fingerprint density at radius 2 is 2.31 bits per heavy atom. The molecule has 0 aromatic carbocycles. The van der Waals surface area contributed by atoms with E-state index >= 15 is 0 Å². The number of piperidine rings is 1. The molecular formula is C12H18N2OS. The van der Waals surface area contributed by atoms with E-state index in [1.54, 1.807) is 11.3 Å². The second kappa shape index (κ2) is 5.46. The van der Waals surface area contributed by atoms with Gasteiger partial charge in [0, 0.05) is 16.3 Å². The molecule has 1 aliphatic heterocycles. The third kappa shape index (κ3) is 2.83. The first kappa shape index (κ1) is 11.6. The molecule has 1 aromatic rings. The van der Waals surface area contributed by atoms with E-state index in [1.807, 2.05) is 11.4 Å². The summed E-state index contributed by atoms with van der Waals surface area (Å²) in [5.41, 5.74) is 0.820. The molecule has 0 spiro atoms. The fourth-order valence-corrected chi connectivity index (χ4v) is 2.74. The van der Waals surface area contributed by atoms with Gasteiger partial charge in [0.25, 0.3) is 5.91 Å². The Labute approximate surface area is 100 Å². The summed E-state index contributed by atoms with van der Waals surface area (Å²) in [6.45, 7) is 4.13. The van der Waals surface area contributed by atoms with E-state index in [1.165, 1.54) is 4.88 Å². The van der Waals surface area contributed by atoms with Crippen molar-refractivity contribution in [3.8, 4) is 0 Å². The van der Waals surface area contributed by atoms with Gasteiger partial charge in [-0.1, -0.05) is 6.92 Å². The fraction of sp³-hybridized carbons (Fsp3) is 0.583. The highest BCUT2D eigenvalue weighted by atomic mass is 32.1. The summed E-state index contributed by atoms with van der Waals surface area (Å²) < 4.78 is 0. The number of nitrogens with one attached hydrogen (secondary N) is 2. The predicted molar refractivity (Wildman–Crippen MR) is 67.1 cm³/mol. The Kier molecular flexibility index (Phi) is 3.96. The molecule has 2 rings (SSSR count). The summed E-state index contributed by atoms with van der Waals surface area (Å²) in [6, 6.07) is 2.35. The van der Waals surface area contributed by atoms with Gasteiger partial charge in [0.05, 0.1) is 5.56 Å². The summed E-state index contributed by atoms with van der Waals surface area (Å²) in [7, 11) is 0. The van der Waals surface area contributed by atoms with Crippen LogP contribution in [0.1, 0.15) is 35.0 Å². The molecule has 2 N–H and O–H groups in total. The number of carbonyl (C=O) groups excluding carboxylic acids is 1. The highest BCUT2D eigenvalue weighted by Crippen LogP contribution is 2.15. The van der Waals surface area contributed by atoms with Crippen LogP contribution in [0.15, 0.2) is 11.4 Å². The minimum atomic E-state index is 0.0860. The predicted octanol–water partition coefficient (Wildman–Crippen LogP) is 1.79. The first-order valence-electron chi connectivity index (χ1n) is 5.88. The van der Waals surface area contributed by atoms with Crippen molar-refractivity contribution >= 4 is 17.2 Å². The lowest BCUT2D eigenvalue weighted by Crippen LogP contribution is -2.42. The van der Waals surface area contributed by atoms with Crippen LogP contribution in [-0.2, 0) is 6.42 Å². The lowest BCUT2D eigenvalue weighted by molar-refractivity contribution is 0.0930. The maximum atomic E-state index is 11.9. The molecule has 2 heterocycles. The van der Waals surface area contributed by atoms with Crippen molar-refractivity contribution in [1.82, 2.24) is 10.6 Å². The maximum absolute atomic E-state index is 11.9. The van der Waals surface area contributed by atoms with Crippen LogP contribution in [-0.4, -0.2) is 25.0 Å². The van der Waals surface area contributed by atoms with Crippen molar-refractivity contribution in [3.63, 3.8) is 0 Å². The molecule has 0 atom stereocenters. The van der Waals surface area contributed by atoms with Crippen LogP contribution in [0.2, 0.25) is 0 Å². The quantitative estimate of drug-likeness (QED) is 0.843. The van der Waals surface area contributed by atoms with Crippen LogP contribution in [0.4, 0.5) is 0 Å². The van der Waals surface area contributed by atoms with Crippen molar-refractivity contribution in [1.29, 1.82) is 0 Å². The van der Waals surface area contributed by atoms with E-state index in [0.29, 0.717) is 6.04 Å². The van der Waals surface area contributed by atoms with Crippen molar-refractivity contribution in [3.05, 3.63) is 21.9 Å². The number of aryl methyl sites for hydroxylation is 1. The minimum Gasteiger partial charge on any atom is -0.349 e. The zero-order chi connectivity index (χ0) is 11.4. The lowest BCUT2D eigenvalue weighted by atomic mass is 10.1. The van der Waals surface area contributed by atoms with Gasteiger partial charge in [-0.15, -0.1) is 11.3 Å². The van der Waals surface area contributed by atoms with E-state index in [4.69, 9.17) is 0 Å². The van der Waals surface area contributed by atoms with Crippen LogP contribution in [0.3, 0.4) is 0 Å². The van der Waals surface area contributed by atoms with Gasteiger partial charge in [-0.05, 0) is 38.4 Å². The SMILES string of the molecule is CCc1cc(C(=O)NC2CCNCC2)cs1. The van der Waals surface area contributed by atoms with Crippen molar-refractivity contribution in [2.24, 2.45) is 0 Å². The first-order chi connectivity index (χ1) is 7.79. The average molecular weight is 238 g/mol. The number of amides is 1. The monoisotopic (exact) mass is 238 g/mol. The largest absolute Gasteiger partial charge is 0.349 e. The number of hydrogen-bond donors (Lipinski definition) is 2. The molecule has 1 amide bonds. The molecule has 4 heteroatoms. The Hall–Kier alpha value is -0.870. The molecule has 0 radical (unpaired) electrons. The van der Waals surface area contributed by atoms with Gasteiger partial charge in [-0.3, -0.25) is 4.79 Å². The molecule has 3 nitrogen and oxygen atoms in total. The van der Waals surface area contributed by atoms with Gasteiger partial charge in [0.2, 0.25) is 0 Å². The third-order valence-electron chi connectivity index (χ3n) is 2.94. The highest BCUT2D eigenvalue weighted by Gasteiger charge is 2.16. The zero-order valence-electron chi connectivity index (χ0n) is 9.58. The van der Waals surface area contributed by atoms with E-state index in [2.05, 4.69) is 17.6 Å². The molecule has 0 aliphatic carbocycles. The molecule has 1 aromatic heterocycles. The molecule has 0 bridgehead atoms. The van der Waals surface area contributed by atoms with Crippen LogP contribution >= 0.6 is 11.3 Å². The van der Waals surface area contributed by atoms with Gasteiger partial charge in [-0.2, -0.15) is 0 Å². The highest BCUT2D eigenvalue weighted by molar-refractivity contribution is 7.10. The van der Waals surface area contributed by atoms with E-state index in [-0.39, 0.29) is 5.91 Å². The van der Waals surface area contributed by atoms with E-state index in [9.17, 15) is 4.79 Å². The molecule has 1 fully saturated rings. The Morgan fingerprint density at radius 1 is 1.56 bits per heavy atom. The zero-order valence-corrected chi connectivity index (χ0v) is 10.4. The smallest absolute Gasteiger partial charge is 0.252 e. The molecule has 16 heavy (non-hydrogen) atoms. The second-order valence-electron chi connectivity index (χ2n) is 4.15. The Bertz CT molecular complexity index is 356. The van der Waals surface area contributed by atoms with E-state index in [0.717, 1.165) is 37.9 Å². The molecule has 0 unspecified atom stereocenters. The molecule has 88 valence electrons. The number of hydrogen-bond acceptors (Lipinski definition) is 3. The van der Waals surface area contributed by atoms with Crippen LogP contribution in [0.5, 0.6) is 0 Å². The Morgan fingerprint density at radius 3 is 2.94 bits per heavy atom. The molecule has 0 saturated carbocycles. The minimum absolute atomic E-state index is 0.0860. The lowest BCUT2D eigenvalue weighted by Gasteiger charge is -2.23. The van der Waals surface area contributed by atoms with E-state index < -0.39 is 0 Å². The number of carbonyl (C=O) groups is 1. The van der Waals surface area contributed by atoms with Crippen molar-refractivity contribution in [2.75, 3.05) is 13.1 Å². The first-order valence-corrected chi connectivity index (χ1v) is 6.76. The summed E-state index contributed by atoms with van der Waals surface area (Å²) in [5.74, 6) is 0.0860. The van der Waals surface area contributed by atoms with Gasteiger partial charge in [0.1, 0.15) is 0 Å². The summed E-state index contributed by atoms with van der Waals surface area (Å²) in [6.07, 6.45) is 3.08. The summed E-state index contributed by atoms with van der Waals surface area (Å²) >= 11 is 1.67. The van der Waals surface area contributed by atoms with Crippen LogP contribution < -0.4 is 10.6 Å². The van der Waals surface area contributed by atoms with Crippen LogP contribution in [0.25, 0.3) is 0 Å². The van der Waals surface area contributed by atoms with Gasteiger partial charge in [0.15, 0.2) is 0 Å². The fourth-order valence-electron chi connectivity index (χ4n) is 1.92. The number of rotatable bonds is 3. The van der Waals surface area contributed by atoms with Crippen LogP contribution in [0, 0.1) is 0 Å².